The standard InChI is InChI=1S/C11H14BBrN2.C2H6/c1-9-8-11(12(2)13,15-14-9)10-6-4-3-5-7-10;1-2/h3-7,15H,8H2,1-2H3;1-2H3. The molecular formula is C13H20BBrN2. The number of rotatable bonds is 2. The summed E-state index contributed by atoms with van der Waals surface area (Å²) in [5.74, 6) is 0. The number of hydrogen-bond acceptors (Lipinski definition) is 2. The van der Waals surface area contributed by atoms with Crippen LogP contribution in [0.5, 0.6) is 0 Å². The van der Waals surface area contributed by atoms with E-state index in [-0.39, 0.29) is 5.44 Å². The molecule has 92 valence electrons. The fraction of sp³-hybridized carbons (Fsp3) is 0.462. The second-order valence-electron chi connectivity index (χ2n) is 4.09. The highest BCUT2D eigenvalue weighted by Crippen LogP contribution is 2.34. The minimum absolute atomic E-state index is 0.0780. The molecule has 2 rings (SSSR count). The van der Waals surface area contributed by atoms with Crippen molar-refractivity contribution in [2.45, 2.75) is 39.5 Å². The van der Waals surface area contributed by atoms with Gasteiger partial charge in [-0.15, -0.1) is 0 Å². The van der Waals surface area contributed by atoms with E-state index < -0.39 is 0 Å². The summed E-state index contributed by atoms with van der Waals surface area (Å²) in [5, 5.41) is 4.32. The number of halogens is 1. The van der Waals surface area contributed by atoms with Crippen LogP contribution in [0.1, 0.15) is 32.8 Å². The Kier molecular flexibility index (Phi) is 5.25. The van der Waals surface area contributed by atoms with Gasteiger partial charge in [-0.3, -0.25) is 0 Å². The molecule has 0 fully saturated rings. The molecule has 0 bridgehead atoms. The van der Waals surface area contributed by atoms with Gasteiger partial charge in [0.1, 0.15) is 0 Å². The van der Waals surface area contributed by atoms with Crippen LogP contribution < -0.4 is 5.43 Å². The molecule has 1 aromatic rings. The summed E-state index contributed by atoms with van der Waals surface area (Å²) < 4.78 is 0. The normalized spacial score (nSPS) is 22.1. The van der Waals surface area contributed by atoms with Crippen LogP contribution in [0, 0.1) is 0 Å². The molecule has 4 heteroatoms. The Hall–Kier alpha value is -0.765. The smallest absolute Gasteiger partial charge is 0.255 e. The molecule has 0 radical (unpaired) electrons. The Morgan fingerprint density at radius 3 is 2.29 bits per heavy atom. The van der Waals surface area contributed by atoms with Crippen molar-refractivity contribution >= 4 is 27.0 Å². The maximum absolute atomic E-state index is 4.32. The first-order valence-electron chi connectivity index (χ1n) is 6.15. The van der Waals surface area contributed by atoms with Crippen LogP contribution in [0.4, 0.5) is 0 Å². The molecular weight excluding hydrogens is 275 g/mol. The van der Waals surface area contributed by atoms with Crippen LogP contribution in [0.25, 0.3) is 0 Å². The van der Waals surface area contributed by atoms with Gasteiger partial charge in [-0.1, -0.05) is 51.0 Å². The van der Waals surface area contributed by atoms with Crippen LogP contribution in [0.3, 0.4) is 0 Å². The van der Waals surface area contributed by atoms with E-state index in [1.165, 1.54) is 5.56 Å². The zero-order valence-electron chi connectivity index (χ0n) is 11.0. The lowest BCUT2D eigenvalue weighted by atomic mass is 9.55. The van der Waals surface area contributed by atoms with Crippen molar-refractivity contribution in [3.05, 3.63) is 35.9 Å². The second-order valence-corrected chi connectivity index (χ2v) is 5.46. The first-order valence-corrected chi connectivity index (χ1v) is 7.06. The number of hydrazone groups is 1. The molecule has 0 saturated heterocycles. The van der Waals surface area contributed by atoms with Gasteiger partial charge in [0.15, 0.2) is 0 Å². The molecule has 1 aliphatic heterocycles. The predicted molar refractivity (Wildman–Crippen MR) is 80.9 cm³/mol. The van der Waals surface area contributed by atoms with E-state index in [1.807, 2.05) is 19.9 Å². The lowest BCUT2D eigenvalue weighted by molar-refractivity contribution is 0.535. The van der Waals surface area contributed by atoms with Crippen molar-refractivity contribution in [3.8, 4) is 0 Å². The van der Waals surface area contributed by atoms with Gasteiger partial charge in [-0.05, 0) is 12.5 Å². The maximum atomic E-state index is 4.32. The van der Waals surface area contributed by atoms with Crippen molar-refractivity contribution < 1.29 is 0 Å². The van der Waals surface area contributed by atoms with Gasteiger partial charge < -0.3 is 5.43 Å². The van der Waals surface area contributed by atoms with Crippen LogP contribution in [-0.4, -0.2) is 11.2 Å². The molecule has 0 aromatic heterocycles. The van der Waals surface area contributed by atoms with Gasteiger partial charge in [-0.2, -0.15) is 20.9 Å². The highest BCUT2D eigenvalue weighted by molar-refractivity contribution is 9.24. The number of nitrogens with one attached hydrogen (secondary N) is 1. The molecule has 0 spiro atoms. The monoisotopic (exact) mass is 294 g/mol. The average molecular weight is 295 g/mol. The van der Waals surface area contributed by atoms with Crippen molar-refractivity contribution in [3.63, 3.8) is 0 Å². The van der Waals surface area contributed by atoms with Gasteiger partial charge in [0.2, 0.25) is 0 Å². The Balaban J connectivity index is 0.000000686. The number of benzene rings is 1. The molecule has 1 aromatic carbocycles. The minimum Gasteiger partial charge on any atom is -0.306 e. The summed E-state index contributed by atoms with van der Waals surface area (Å²) in [6.07, 6.45) is 0.962. The van der Waals surface area contributed by atoms with E-state index >= 15 is 0 Å². The van der Waals surface area contributed by atoms with Gasteiger partial charge in [0, 0.05) is 12.1 Å². The molecule has 1 unspecified atom stereocenters. The van der Waals surface area contributed by atoms with Crippen LogP contribution in [-0.2, 0) is 5.44 Å². The molecule has 1 N–H and O–H groups in total. The number of nitrogens with zero attached hydrogens (tertiary/aromatic N) is 1. The third-order valence-corrected chi connectivity index (χ3v) is 3.73. The quantitative estimate of drug-likeness (QED) is 0.824. The number of hydrogen-bond donors (Lipinski definition) is 1. The van der Waals surface area contributed by atoms with E-state index in [2.05, 4.69) is 64.3 Å². The predicted octanol–water partition coefficient (Wildman–Crippen LogP) is 3.83. The molecule has 2 nitrogen and oxygen atoms in total. The Morgan fingerprint density at radius 2 is 1.88 bits per heavy atom. The molecule has 0 amide bonds. The Morgan fingerprint density at radius 1 is 1.29 bits per heavy atom. The highest BCUT2D eigenvalue weighted by Gasteiger charge is 2.42. The van der Waals surface area contributed by atoms with Crippen LogP contribution >= 0.6 is 15.8 Å². The molecule has 1 aliphatic rings. The minimum atomic E-state index is -0.0780. The molecule has 1 heterocycles. The summed E-state index contributed by atoms with van der Waals surface area (Å²) in [6.45, 7) is 8.22. The van der Waals surface area contributed by atoms with E-state index in [4.69, 9.17) is 0 Å². The zero-order chi connectivity index (χ0) is 12.9. The average Bonchev–Trinajstić information content (AvgIpc) is 2.77. The largest absolute Gasteiger partial charge is 0.306 e. The SMILES string of the molecule is CB(Br)C1(c2ccccc2)CC(C)=NN1.CC. The van der Waals surface area contributed by atoms with Gasteiger partial charge in [0.25, 0.3) is 5.54 Å². The third kappa shape index (κ3) is 2.92. The first kappa shape index (κ1) is 14.3. The summed E-state index contributed by atoms with van der Waals surface area (Å²) in [4.78, 5) is 0. The summed E-state index contributed by atoms with van der Waals surface area (Å²) >= 11 is 3.69. The Labute approximate surface area is 113 Å². The highest BCUT2D eigenvalue weighted by atomic mass is 79.9. The van der Waals surface area contributed by atoms with E-state index in [0.717, 1.165) is 12.1 Å². The fourth-order valence-electron chi connectivity index (χ4n) is 2.04. The second kappa shape index (κ2) is 6.24. The fourth-order valence-corrected chi connectivity index (χ4v) is 2.57. The molecule has 1 atom stereocenters. The van der Waals surface area contributed by atoms with Crippen molar-refractivity contribution in [2.75, 3.05) is 0 Å². The zero-order valence-corrected chi connectivity index (χ0v) is 12.6. The summed E-state index contributed by atoms with van der Waals surface area (Å²) in [6, 6.07) is 10.5. The maximum Gasteiger partial charge on any atom is 0.255 e. The lowest BCUT2D eigenvalue weighted by Gasteiger charge is -2.30. The molecule has 0 saturated carbocycles. The van der Waals surface area contributed by atoms with Crippen molar-refractivity contribution in [1.82, 2.24) is 5.43 Å². The van der Waals surface area contributed by atoms with E-state index in [1.54, 1.807) is 0 Å². The van der Waals surface area contributed by atoms with E-state index in [0.29, 0.717) is 5.54 Å². The van der Waals surface area contributed by atoms with Crippen LogP contribution in [0.2, 0.25) is 6.82 Å². The Bertz CT molecular complexity index is 378. The lowest BCUT2D eigenvalue weighted by Crippen LogP contribution is -2.45. The first-order chi connectivity index (χ1) is 8.15. The van der Waals surface area contributed by atoms with Crippen LogP contribution in [0.15, 0.2) is 35.4 Å². The van der Waals surface area contributed by atoms with E-state index in [9.17, 15) is 0 Å². The summed E-state index contributed by atoms with van der Waals surface area (Å²) in [7, 11) is 0. The summed E-state index contributed by atoms with van der Waals surface area (Å²) in [5.41, 5.74) is 5.98. The third-order valence-electron chi connectivity index (χ3n) is 2.95. The molecule has 17 heavy (non-hydrogen) atoms. The van der Waals surface area contributed by atoms with Gasteiger partial charge >= 0.3 is 0 Å². The van der Waals surface area contributed by atoms with Gasteiger partial charge in [-0.25, -0.2) is 0 Å². The van der Waals surface area contributed by atoms with Crippen molar-refractivity contribution in [1.29, 1.82) is 0 Å². The molecule has 0 aliphatic carbocycles. The topological polar surface area (TPSA) is 24.4 Å². The van der Waals surface area contributed by atoms with Gasteiger partial charge in [0.05, 0.1) is 5.44 Å². The van der Waals surface area contributed by atoms with Crippen molar-refractivity contribution in [2.24, 2.45) is 5.10 Å².